The van der Waals surface area contributed by atoms with Gasteiger partial charge >= 0.3 is 0 Å². The van der Waals surface area contributed by atoms with Crippen molar-refractivity contribution in [2.75, 3.05) is 6.61 Å². The number of hydrogen-bond donors (Lipinski definition) is 6. The van der Waals surface area contributed by atoms with Gasteiger partial charge in [0.05, 0.1) is 6.61 Å². The Bertz CT molecular complexity index is 148. The molecule has 0 aliphatic rings. The Balaban J connectivity index is -0.000000605. The van der Waals surface area contributed by atoms with Gasteiger partial charge in [-0.05, 0) is 0 Å². The molecule has 0 aliphatic carbocycles. The van der Waals surface area contributed by atoms with Crippen molar-refractivity contribution in [1.82, 2.24) is 6.15 Å². The molecule has 0 aromatic heterocycles. The van der Waals surface area contributed by atoms with Crippen LogP contribution in [0.5, 0.6) is 0 Å². The normalized spacial score (nSPS) is 18.1. The van der Waals surface area contributed by atoms with Crippen LogP contribution in [-0.2, 0) is 4.79 Å². The quantitative estimate of drug-likeness (QED) is 0.281. The Hall–Kier alpha value is -0.280. The maximum absolute atomic E-state index is 9.90. The monoisotopic (exact) mass is 233 g/mol. The smallest absolute Gasteiger partial charge is 0.151 e. The molecule has 88 valence electrons. The first-order valence-corrected chi connectivity index (χ1v) is 3.33. The lowest BCUT2D eigenvalue weighted by Crippen LogP contribution is -2.46. The molecule has 0 bridgehead atoms. The van der Waals surface area contributed by atoms with E-state index in [0.717, 1.165) is 0 Å². The first-order valence-electron chi connectivity index (χ1n) is 3.33. The van der Waals surface area contributed by atoms with Crippen molar-refractivity contribution in [3.05, 3.63) is 0 Å². The second-order valence-electron chi connectivity index (χ2n) is 2.36. The van der Waals surface area contributed by atoms with Gasteiger partial charge in [0.15, 0.2) is 6.29 Å². The average molecular weight is 234 g/mol. The van der Waals surface area contributed by atoms with Crippen molar-refractivity contribution in [1.29, 1.82) is 0 Å². The van der Waals surface area contributed by atoms with Crippen LogP contribution in [0.4, 0.5) is 0 Å². The molecule has 8 N–H and O–H groups in total. The molecule has 0 unspecified atom stereocenters. The summed E-state index contributed by atoms with van der Waals surface area (Å²) in [4.78, 5) is 9.90. The molecule has 0 aromatic rings. The molecule has 0 fully saturated rings. The highest BCUT2D eigenvalue weighted by Crippen LogP contribution is 2.02. The molecule has 0 radical (unpaired) electrons. The molecule has 0 saturated heterocycles. The van der Waals surface area contributed by atoms with Gasteiger partial charge in [-0.1, -0.05) is 0 Å². The van der Waals surface area contributed by atoms with Gasteiger partial charge < -0.3 is 36.5 Å². The number of halogens is 1. The van der Waals surface area contributed by atoms with Gasteiger partial charge in [-0.25, -0.2) is 0 Å². The molecule has 0 amide bonds. The van der Waals surface area contributed by atoms with E-state index >= 15 is 0 Å². The van der Waals surface area contributed by atoms with Crippen molar-refractivity contribution < 1.29 is 30.3 Å². The van der Waals surface area contributed by atoms with Crippen molar-refractivity contribution in [3.8, 4) is 0 Å². The minimum atomic E-state index is -1.79. The third-order valence-corrected chi connectivity index (χ3v) is 1.42. The summed E-state index contributed by atoms with van der Waals surface area (Å²) in [6, 6.07) is 0. The SMILES string of the molecule is Cl.N.O=C[C@H](O)[C@@H](O)[C@H](O)[C@H](O)CO. The lowest BCUT2D eigenvalue weighted by Gasteiger charge is -2.22. The lowest BCUT2D eigenvalue weighted by atomic mass is 10.0. The molecule has 0 spiro atoms. The first kappa shape index (κ1) is 19.3. The Labute approximate surface area is 87.0 Å². The second-order valence-corrected chi connectivity index (χ2v) is 2.36. The van der Waals surface area contributed by atoms with Crippen molar-refractivity contribution in [3.63, 3.8) is 0 Å². The van der Waals surface area contributed by atoms with Crippen molar-refractivity contribution in [2.24, 2.45) is 0 Å². The number of aldehydes is 1. The lowest BCUT2D eigenvalue weighted by molar-refractivity contribution is -0.136. The van der Waals surface area contributed by atoms with Gasteiger partial charge in [0.25, 0.3) is 0 Å². The van der Waals surface area contributed by atoms with Crippen LogP contribution in [0.1, 0.15) is 0 Å². The molecular weight excluding hydrogens is 218 g/mol. The van der Waals surface area contributed by atoms with E-state index < -0.39 is 31.0 Å². The third-order valence-electron chi connectivity index (χ3n) is 1.42. The molecule has 0 heterocycles. The van der Waals surface area contributed by atoms with Crippen LogP contribution in [0.3, 0.4) is 0 Å². The summed E-state index contributed by atoms with van der Waals surface area (Å²) in [7, 11) is 0. The van der Waals surface area contributed by atoms with E-state index in [2.05, 4.69) is 0 Å². The van der Waals surface area contributed by atoms with Gasteiger partial charge in [0.2, 0.25) is 0 Å². The number of rotatable bonds is 5. The number of carbonyl (C=O) groups excluding carboxylic acids is 1. The second kappa shape index (κ2) is 9.28. The Morgan fingerprint density at radius 3 is 1.79 bits per heavy atom. The minimum Gasteiger partial charge on any atom is -0.394 e. The minimum absolute atomic E-state index is 0. The van der Waals surface area contributed by atoms with E-state index in [9.17, 15) is 4.79 Å². The summed E-state index contributed by atoms with van der Waals surface area (Å²) < 4.78 is 0. The van der Waals surface area contributed by atoms with Crippen molar-refractivity contribution in [2.45, 2.75) is 24.4 Å². The van der Waals surface area contributed by atoms with Gasteiger partial charge in [-0.2, -0.15) is 0 Å². The Morgan fingerprint density at radius 1 is 1.07 bits per heavy atom. The third kappa shape index (κ3) is 5.45. The topological polar surface area (TPSA) is 153 Å². The maximum atomic E-state index is 9.90. The molecule has 4 atom stereocenters. The highest BCUT2D eigenvalue weighted by molar-refractivity contribution is 5.85. The van der Waals surface area contributed by atoms with Gasteiger partial charge in [0.1, 0.15) is 24.4 Å². The summed E-state index contributed by atoms with van der Waals surface area (Å²) in [5, 5.41) is 43.5. The largest absolute Gasteiger partial charge is 0.394 e. The predicted octanol–water partition coefficient (Wildman–Crippen LogP) is -2.80. The zero-order valence-corrected chi connectivity index (χ0v) is 8.17. The summed E-state index contributed by atoms with van der Waals surface area (Å²) in [6.07, 6.45) is -6.84. The summed E-state index contributed by atoms with van der Waals surface area (Å²) >= 11 is 0. The van der Waals surface area contributed by atoms with Crippen LogP contribution < -0.4 is 6.15 Å². The molecular formula is C6H16ClNO6. The van der Waals surface area contributed by atoms with Gasteiger partial charge in [-0.3, -0.25) is 0 Å². The molecule has 14 heavy (non-hydrogen) atoms. The van der Waals surface area contributed by atoms with E-state index in [0.29, 0.717) is 0 Å². The molecule has 7 nitrogen and oxygen atoms in total. The number of carbonyl (C=O) groups is 1. The number of aliphatic hydroxyl groups is 5. The van der Waals surface area contributed by atoms with E-state index in [1.807, 2.05) is 0 Å². The number of hydrogen-bond acceptors (Lipinski definition) is 7. The summed E-state index contributed by atoms with van der Waals surface area (Å²) in [5.41, 5.74) is 0. The summed E-state index contributed by atoms with van der Waals surface area (Å²) in [6.45, 7) is -0.760. The first-order chi connectivity index (χ1) is 5.54. The average Bonchev–Trinajstić information content (AvgIpc) is 2.12. The zero-order valence-electron chi connectivity index (χ0n) is 7.35. The molecule has 8 heteroatoms. The van der Waals surface area contributed by atoms with Gasteiger partial charge in [0, 0.05) is 0 Å². The predicted molar refractivity (Wildman–Crippen MR) is 49.4 cm³/mol. The van der Waals surface area contributed by atoms with Crippen molar-refractivity contribution >= 4 is 18.7 Å². The molecule has 0 rings (SSSR count). The maximum Gasteiger partial charge on any atom is 0.151 e. The molecule has 0 aromatic carbocycles. The molecule has 0 aliphatic heterocycles. The summed E-state index contributed by atoms with van der Waals surface area (Å²) in [5.74, 6) is 0. The number of aliphatic hydroxyl groups excluding tert-OH is 5. The van der Waals surface area contributed by atoms with Crippen LogP contribution in [0.15, 0.2) is 0 Å². The van der Waals surface area contributed by atoms with Crippen LogP contribution in [0, 0.1) is 0 Å². The Kier molecular flexibility index (Phi) is 12.8. The highest BCUT2D eigenvalue weighted by atomic mass is 35.5. The van der Waals surface area contributed by atoms with Crippen LogP contribution in [0.2, 0.25) is 0 Å². The van der Waals surface area contributed by atoms with E-state index in [4.69, 9.17) is 25.5 Å². The molecule has 0 saturated carbocycles. The van der Waals surface area contributed by atoms with Gasteiger partial charge in [-0.15, -0.1) is 12.4 Å². The highest BCUT2D eigenvalue weighted by Gasteiger charge is 2.29. The van der Waals surface area contributed by atoms with E-state index in [1.165, 1.54) is 0 Å². The Morgan fingerprint density at radius 2 is 1.50 bits per heavy atom. The fourth-order valence-corrected chi connectivity index (χ4v) is 0.618. The van der Waals surface area contributed by atoms with Crippen LogP contribution in [-0.4, -0.2) is 62.8 Å². The fraction of sp³-hybridized carbons (Fsp3) is 0.833. The standard InChI is InChI=1S/C6H12O6.ClH.H3N/c7-1-3(9)5(11)6(12)4(10)2-8;;/h1,3-6,8-12H,2H2;1H;1H3/t3-,4+,5+,6+;;/m0../s1. The van der Waals surface area contributed by atoms with Crippen LogP contribution in [0.25, 0.3) is 0 Å². The fourth-order valence-electron chi connectivity index (χ4n) is 0.618. The van der Waals surface area contributed by atoms with E-state index in [-0.39, 0.29) is 24.8 Å². The zero-order chi connectivity index (χ0) is 9.72. The van der Waals surface area contributed by atoms with E-state index in [1.54, 1.807) is 0 Å². The van der Waals surface area contributed by atoms with Crippen LogP contribution >= 0.6 is 12.4 Å².